The van der Waals surface area contributed by atoms with Crippen LogP contribution in [0.1, 0.15) is 47.8 Å². The number of aliphatic hydroxyl groups is 1. The van der Waals surface area contributed by atoms with E-state index in [1.54, 1.807) is 72.8 Å². The third kappa shape index (κ3) is 6.73. The van der Waals surface area contributed by atoms with Gasteiger partial charge in [-0.2, -0.15) is 0 Å². The normalized spacial score (nSPS) is 22.2. The van der Waals surface area contributed by atoms with E-state index < -0.39 is 42.0 Å². The first-order valence-electron chi connectivity index (χ1n) is 12.3. The Hall–Kier alpha value is -3.53. The fourth-order valence-corrected chi connectivity index (χ4v) is 4.52. The molecule has 0 aromatic heterocycles. The van der Waals surface area contributed by atoms with E-state index in [9.17, 15) is 19.5 Å². The first-order valence-corrected chi connectivity index (χ1v) is 13.5. The summed E-state index contributed by atoms with van der Waals surface area (Å²) in [7, 11) is 0. The summed E-state index contributed by atoms with van der Waals surface area (Å²) >= 11 is 3.21. The maximum Gasteiger partial charge on any atom is 0.338 e. The highest BCUT2D eigenvalue weighted by Crippen LogP contribution is 2.36. The van der Waals surface area contributed by atoms with Crippen LogP contribution in [0, 0.1) is 20.8 Å². The maximum absolute atomic E-state index is 13.1. The minimum Gasteiger partial charge on any atom is -0.459 e. The lowest BCUT2D eigenvalue weighted by molar-refractivity contribution is -0.213. The van der Waals surface area contributed by atoms with Gasteiger partial charge in [0.15, 0.2) is 12.2 Å². The molecule has 3 aromatic rings. The van der Waals surface area contributed by atoms with Crippen molar-refractivity contribution in [1.29, 1.82) is 0 Å². The van der Waals surface area contributed by atoms with Crippen molar-refractivity contribution in [3.8, 4) is 0 Å². The summed E-state index contributed by atoms with van der Waals surface area (Å²) in [6.07, 6.45) is -3.85. The minimum atomic E-state index is -2.07. The lowest BCUT2D eigenvalue weighted by atomic mass is 10.1. The Labute approximate surface area is 235 Å². The van der Waals surface area contributed by atoms with Crippen molar-refractivity contribution >= 4 is 33.8 Å². The van der Waals surface area contributed by atoms with Gasteiger partial charge in [0.1, 0.15) is 12.7 Å². The molecule has 1 aliphatic heterocycles. The number of alkyl halides is 1. The zero-order valence-electron chi connectivity index (χ0n) is 21.8. The van der Waals surface area contributed by atoms with Crippen LogP contribution in [0.4, 0.5) is 0 Å². The molecule has 1 saturated heterocycles. The van der Waals surface area contributed by atoms with Crippen LogP contribution >= 0.6 is 15.9 Å². The molecule has 1 fully saturated rings. The van der Waals surface area contributed by atoms with Crippen LogP contribution in [-0.2, 0) is 18.9 Å². The molecule has 9 heteroatoms. The van der Waals surface area contributed by atoms with Gasteiger partial charge in [0.05, 0.1) is 22.0 Å². The molecule has 1 heterocycles. The topological polar surface area (TPSA) is 108 Å². The van der Waals surface area contributed by atoms with E-state index in [0.29, 0.717) is 5.56 Å². The molecule has 0 saturated carbocycles. The maximum atomic E-state index is 13.1. The van der Waals surface area contributed by atoms with Gasteiger partial charge in [-0.15, -0.1) is 0 Å². The van der Waals surface area contributed by atoms with E-state index in [0.717, 1.165) is 16.7 Å². The molecule has 0 spiro atoms. The number of hydrogen-bond acceptors (Lipinski definition) is 8. The molecule has 4 rings (SSSR count). The highest BCUT2D eigenvalue weighted by Gasteiger charge is 2.59. The molecule has 1 N–H and O–H groups in total. The van der Waals surface area contributed by atoms with Gasteiger partial charge in [0.2, 0.25) is 5.79 Å². The van der Waals surface area contributed by atoms with Crippen molar-refractivity contribution in [3.05, 3.63) is 106 Å². The second-order valence-electron chi connectivity index (χ2n) is 9.53. The number of esters is 3. The van der Waals surface area contributed by atoms with Crippen LogP contribution in [-0.4, -0.2) is 59.1 Å². The molecule has 0 aliphatic carbocycles. The number of rotatable bonds is 8. The predicted octanol–water partition coefficient (Wildman–Crippen LogP) is 4.70. The van der Waals surface area contributed by atoms with Crippen molar-refractivity contribution in [1.82, 2.24) is 0 Å². The fourth-order valence-electron chi connectivity index (χ4n) is 4.07. The first kappa shape index (κ1) is 28.5. The number of benzene rings is 3. The van der Waals surface area contributed by atoms with Gasteiger partial charge in [-0.05, 0) is 57.2 Å². The number of aryl methyl sites for hydroxylation is 3. The highest BCUT2D eigenvalue weighted by atomic mass is 79.9. The van der Waals surface area contributed by atoms with Gasteiger partial charge in [-0.3, -0.25) is 0 Å². The summed E-state index contributed by atoms with van der Waals surface area (Å²) in [6.45, 7) is 5.29. The SMILES string of the molecule is Cc1ccc(C(=O)OC[C@H]2O[C@](O)(CBr)[C@@H](OC(=O)c3ccc(C)cc3)[C@@H]2OC(=O)c2ccc(C)cc2)cc1. The Morgan fingerprint density at radius 3 is 1.59 bits per heavy atom. The standard InChI is InChI=1S/C30H29BrO8/c1-18-4-10-21(11-5-18)27(32)36-16-24-25(37-28(33)22-12-6-19(2)7-13-22)26(30(35,17-31)39-24)38-29(34)23-14-8-20(3)9-15-23/h4-15,24-26,35H,16-17H2,1-3H3/t24-,25-,26+,30-/m1/s1. The van der Waals surface area contributed by atoms with Crippen molar-refractivity contribution in [3.63, 3.8) is 0 Å². The summed E-state index contributed by atoms with van der Waals surface area (Å²) < 4.78 is 22.7. The second kappa shape index (κ2) is 12.1. The Morgan fingerprint density at radius 2 is 1.15 bits per heavy atom. The molecule has 3 aromatic carbocycles. The molecule has 39 heavy (non-hydrogen) atoms. The predicted molar refractivity (Wildman–Crippen MR) is 146 cm³/mol. The Kier molecular flexibility index (Phi) is 8.84. The third-order valence-corrected chi connectivity index (χ3v) is 7.18. The van der Waals surface area contributed by atoms with Crippen LogP contribution in [0.2, 0.25) is 0 Å². The average molecular weight is 597 g/mol. The molecule has 0 unspecified atom stereocenters. The second-order valence-corrected chi connectivity index (χ2v) is 10.1. The van der Waals surface area contributed by atoms with Crippen molar-refractivity contribution in [2.24, 2.45) is 0 Å². The van der Waals surface area contributed by atoms with E-state index in [1.165, 1.54) is 0 Å². The lowest BCUT2D eigenvalue weighted by Gasteiger charge is -2.28. The quantitative estimate of drug-likeness (QED) is 0.226. The van der Waals surface area contributed by atoms with E-state index in [2.05, 4.69) is 15.9 Å². The minimum absolute atomic E-state index is 0.174. The van der Waals surface area contributed by atoms with Crippen LogP contribution in [0.5, 0.6) is 0 Å². The van der Waals surface area contributed by atoms with Crippen molar-refractivity contribution in [2.45, 2.75) is 44.9 Å². The Morgan fingerprint density at radius 1 is 0.744 bits per heavy atom. The highest BCUT2D eigenvalue weighted by molar-refractivity contribution is 9.09. The molecule has 204 valence electrons. The third-order valence-electron chi connectivity index (χ3n) is 6.37. The zero-order valence-corrected chi connectivity index (χ0v) is 23.3. The number of halogens is 1. The number of carbonyl (C=O) groups excluding carboxylic acids is 3. The van der Waals surface area contributed by atoms with Gasteiger partial charge in [0, 0.05) is 0 Å². The van der Waals surface area contributed by atoms with E-state index in [4.69, 9.17) is 18.9 Å². The average Bonchev–Trinajstić information content (AvgIpc) is 3.19. The zero-order chi connectivity index (χ0) is 28.2. The van der Waals surface area contributed by atoms with Gasteiger partial charge in [-0.1, -0.05) is 69.0 Å². The Bertz CT molecular complexity index is 1320. The van der Waals surface area contributed by atoms with Gasteiger partial charge in [-0.25, -0.2) is 14.4 Å². The molecule has 0 amide bonds. The molecule has 4 atom stereocenters. The Balaban J connectivity index is 1.59. The summed E-state index contributed by atoms with van der Waals surface area (Å²) in [5.74, 6) is -4.14. The van der Waals surface area contributed by atoms with Gasteiger partial charge < -0.3 is 24.1 Å². The molecule has 0 radical (unpaired) electrons. The van der Waals surface area contributed by atoms with Gasteiger partial charge in [0.25, 0.3) is 0 Å². The number of hydrogen-bond donors (Lipinski definition) is 1. The molecular weight excluding hydrogens is 568 g/mol. The van der Waals surface area contributed by atoms with Gasteiger partial charge >= 0.3 is 17.9 Å². The van der Waals surface area contributed by atoms with Crippen LogP contribution < -0.4 is 0 Å². The molecular formula is C30H29BrO8. The molecule has 1 aliphatic rings. The fraction of sp³-hybridized carbons (Fsp3) is 0.300. The summed E-state index contributed by atoms with van der Waals surface area (Å²) in [5.41, 5.74) is 3.71. The van der Waals surface area contributed by atoms with E-state index >= 15 is 0 Å². The summed E-state index contributed by atoms with van der Waals surface area (Å²) in [4.78, 5) is 38.7. The number of carbonyl (C=O) groups is 3. The number of ether oxygens (including phenoxy) is 4. The van der Waals surface area contributed by atoms with E-state index in [-0.39, 0.29) is 23.1 Å². The van der Waals surface area contributed by atoms with Crippen LogP contribution in [0.15, 0.2) is 72.8 Å². The largest absolute Gasteiger partial charge is 0.459 e. The van der Waals surface area contributed by atoms with Crippen LogP contribution in [0.3, 0.4) is 0 Å². The monoisotopic (exact) mass is 596 g/mol. The molecule has 0 bridgehead atoms. The molecule has 8 nitrogen and oxygen atoms in total. The van der Waals surface area contributed by atoms with Crippen LogP contribution in [0.25, 0.3) is 0 Å². The first-order chi connectivity index (χ1) is 18.6. The van der Waals surface area contributed by atoms with E-state index in [1.807, 2.05) is 20.8 Å². The smallest absolute Gasteiger partial charge is 0.338 e. The summed E-state index contributed by atoms with van der Waals surface area (Å²) in [6, 6.07) is 20.2. The lowest BCUT2D eigenvalue weighted by Crippen LogP contribution is -2.49. The van der Waals surface area contributed by atoms with Crippen molar-refractivity contribution in [2.75, 3.05) is 11.9 Å². The van der Waals surface area contributed by atoms with Crippen molar-refractivity contribution < 1.29 is 38.4 Å². The summed E-state index contributed by atoms with van der Waals surface area (Å²) in [5, 5.41) is 11.1.